The Kier molecular flexibility index (Phi) is 5.29. The van der Waals surface area contributed by atoms with Crippen LogP contribution in [0, 0.1) is 5.82 Å². The number of sulfonamides is 1. The van der Waals surface area contributed by atoms with Gasteiger partial charge in [0.2, 0.25) is 10.0 Å². The second-order valence-electron chi connectivity index (χ2n) is 4.55. The predicted octanol–water partition coefficient (Wildman–Crippen LogP) is 0.199. The number of carboxylic acid groups (broad SMARTS) is 1. The quantitative estimate of drug-likeness (QED) is 0.586. The van der Waals surface area contributed by atoms with Crippen LogP contribution in [0.4, 0.5) is 4.39 Å². The van der Waals surface area contributed by atoms with Crippen molar-refractivity contribution in [2.75, 3.05) is 13.2 Å². The number of aliphatic hydroxyl groups is 2. The van der Waals surface area contributed by atoms with Gasteiger partial charge in [-0.25, -0.2) is 22.3 Å². The van der Waals surface area contributed by atoms with E-state index >= 15 is 0 Å². The van der Waals surface area contributed by atoms with Crippen molar-refractivity contribution in [1.82, 2.24) is 4.72 Å². The first kappa shape index (κ1) is 17.8. The molecule has 1 aromatic rings. The molecule has 0 aliphatic rings. The second-order valence-corrected chi connectivity index (χ2v) is 6.70. The molecular weight excluding hydrogens is 329 g/mol. The molecule has 0 aromatic heterocycles. The highest BCUT2D eigenvalue weighted by Crippen LogP contribution is 2.24. The van der Waals surface area contributed by atoms with Crippen molar-refractivity contribution in [3.8, 4) is 0 Å². The number of hydrogen-bond donors (Lipinski definition) is 4. The lowest BCUT2D eigenvalue weighted by atomic mass is 10.1. The molecule has 0 spiro atoms. The average molecular weight is 342 g/mol. The Balaban J connectivity index is 3.18. The third-order valence-electron chi connectivity index (χ3n) is 2.53. The standard InChI is InChI=1S/C11H13ClFNO6S/c1-11(18,5-15)4-14-21(19,20)6-2-7(10(16)17)9(12)8(13)3-6/h2-3,14-15,18H,4-5H2,1H3,(H,16,17). The molecule has 0 heterocycles. The molecule has 21 heavy (non-hydrogen) atoms. The van der Waals surface area contributed by atoms with Crippen LogP contribution in [0.3, 0.4) is 0 Å². The fourth-order valence-electron chi connectivity index (χ4n) is 1.26. The van der Waals surface area contributed by atoms with Crippen molar-refractivity contribution in [1.29, 1.82) is 0 Å². The summed E-state index contributed by atoms with van der Waals surface area (Å²) in [5, 5.41) is 26.5. The van der Waals surface area contributed by atoms with Crippen molar-refractivity contribution < 1.29 is 32.9 Å². The van der Waals surface area contributed by atoms with Gasteiger partial charge in [0.1, 0.15) is 5.82 Å². The van der Waals surface area contributed by atoms with Gasteiger partial charge >= 0.3 is 5.97 Å². The van der Waals surface area contributed by atoms with E-state index in [2.05, 4.69) is 0 Å². The van der Waals surface area contributed by atoms with Crippen LogP contribution in [0.25, 0.3) is 0 Å². The van der Waals surface area contributed by atoms with Gasteiger partial charge in [0.15, 0.2) is 0 Å². The Bertz CT molecular complexity index is 661. The number of hydrogen-bond acceptors (Lipinski definition) is 5. The monoisotopic (exact) mass is 341 g/mol. The number of carbonyl (C=O) groups is 1. The topological polar surface area (TPSA) is 124 Å². The summed E-state index contributed by atoms with van der Waals surface area (Å²) in [6.07, 6.45) is 0. The number of aliphatic hydroxyl groups excluding tert-OH is 1. The van der Waals surface area contributed by atoms with Gasteiger partial charge in [0, 0.05) is 6.54 Å². The van der Waals surface area contributed by atoms with Gasteiger partial charge in [-0.1, -0.05) is 11.6 Å². The van der Waals surface area contributed by atoms with E-state index in [9.17, 15) is 22.7 Å². The summed E-state index contributed by atoms with van der Waals surface area (Å²) in [5.74, 6) is -2.79. The molecule has 4 N–H and O–H groups in total. The summed E-state index contributed by atoms with van der Waals surface area (Å²) < 4.78 is 39.3. The fourth-order valence-corrected chi connectivity index (χ4v) is 2.65. The van der Waals surface area contributed by atoms with Crippen LogP contribution < -0.4 is 4.72 Å². The molecule has 0 saturated carbocycles. The van der Waals surface area contributed by atoms with Crippen LogP contribution in [0.1, 0.15) is 17.3 Å². The zero-order chi connectivity index (χ0) is 16.4. The first-order valence-electron chi connectivity index (χ1n) is 5.55. The maximum absolute atomic E-state index is 13.5. The van der Waals surface area contributed by atoms with E-state index in [0.29, 0.717) is 12.1 Å². The molecule has 0 fully saturated rings. The summed E-state index contributed by atoms with van der Waals surface area (Å²) in [6.45, 7) is -0.0655. The minimum atomic E-state index is -4.28. The number of halogens is 2. The molecule has 7 nitrogen and oxygen atoms in total. The fraction of sp³-hybridized carbons (Fsp3) is 0.364. The number of rotatable bonds is 6. The van der Waals surface area contributed by atoms with E-state index in [1.165, 1.54) is 6.92 Å². The first-order chi connectivity index (χ1) is 9.50. The molecule has 0 amide bonds. The van der Waals surface area contributed by atoms with Crippen LogP contribution in [-0.2, 0) is 10.0 Å². The van der Waals surface area contributed by atoms with Gasteiger partial charge in [-0.15, -0.1) is 0 Å². The van der Waals surface area contributed by atoms with Crippen LogP contribution in [-0.4, -0.2) is 48.5 Å². The lowest BCUT2D eigenvalue weighted by Gasteiger charge is -2.20. The summed E-state index contributed by atoms with van der Waals surface area (Å²) in [4.78, 5) is 10.2. The molecule has 0 radical (unpaired) electrons. The van der Waals surface area contributed by atoms with E-state index in [1.807, 2.05) is 4.72 Å². The maximum Gasteiger partial charge on any atom is 0.337 e. The second kappa shape index (κ2) is 6.24. The molecule has 0 bridgehead atoms. The minimum Gasteiger partial charge on any atom is -0.478 e. The van der Waals surface area contributed by atoms with Crippen LogP contribution in [0.2, 0.25) is 5.02 Å². The maximum atomic E-state index is 13.5. The zero-order valence-corrected chi connectivity index (χ0v) is 12.4. The first-order valence-corrected chi connectivity index (χ1v) is 7.41. The van der Waals surface area contributed by atoms with Crippen molar-refractivity contribution in [2.45, 2.75) is 17.4 Å². The van der Waals surface area contributed by atoms with E-state index < -0.39 is 56.0 Å². The Labute approximate surface area is 125 Å². The number of aromatic carboxylic acids is 1. The van der Waals surface area contributed by atoms with Crippen molar-refractivity contribution >= 4 is 27.6 Å². The molecule has 1 atom stereocenters. The zero-order valence-electron chi connectivity index (χ0n) is 10.8. The lowest BCUT2D eigenvalue weighted by Crippen LogP contribution is -2.43. The summed E-state index contributed by atoms with van der Waals surface area (Å²) in [5.41, 5.74) is -2.42. The van der Waals surface area contributed by atoms with Gasteiger partial charge < -0.3 is 15.3 Å². The van der Waals surface area contributed by atoms with Gasteiger partial charge in [-0.2, -0.15) is 0 Å². The third-order valence-corrected chi connectivity index (χ3v) is 4.29. The Morgan fingerprint density at radius 2 is 2.05 bits per heavy atom. The van der Waals surface area contributed by atoms with Crippen molar-refractivity contribution in [3.63, 3.8) is 0 Å². The normalized spacial score (nSPS) is 14.7. The van der Waals surface area contributed by atoms with E-state index in [4.69, 9.17) is 21.8 Å². The minimum absolute atomic E-state index is 0.543. The molecule has 1 unspecified atom stereocenters. The van der Waals surface area contributed by atoms with Gasteiger partial charge in [-0.3, -0.25) is 0 Å². The summed E-state index contributed by atoms with van der Waals surface area (Å²) in [6, 6.07) is 1.26. The molecule has 1 aromatic carbocycles. The molecule has 10 heteroatoms. The van der Waals surface area contributed by atoms with Crippen LogP contribution in [0.5, 0.6) is 0 Å². The highest BCUT2D eigenvalue weighted by Gasteiger charge is 2.25. The van der Waals surface area contributed by atoms with Crippen LogP contribution >= 0.6 is 11.6 Å². The molecule has 1 rings (SSSR count). The number of carboxylic acids is 1. The highest BCUT2D eigenvalue weighted by molar-refractivity contribution is 7.89. The summed E-state index contributed by atoms with van der Waals surface area (Å²) in [7, 11) is -4.28. The molecular formula is C11H13ClFNO6S. The Morgan fingerprint density at radius 3 is 2.52 bits per heavy atom. The van der Waals surface area contributed by atoms with Gasteiger partial charge in [0.05, 0.1) is 27.7 Å². The average Bonchev–Trinajstić information content (AvgIpc) is 2.39. The predicted molar refractivity (Wildman–Crippen MR) is 71.3 cm³/mol. The molecule has 0 saturated heterocycles. The third kappa shape index (κ3) is 4.35. The number of nitrogens with one attached hydrogen (secondary N) is 1. The lowest BCUT2D eigenvalue weighted by molar-refractivity contribution is 0.00681. The smallest absolute Gasteiger partial charge is 0.337 e. The van der Waals surface area contributed by atoms with Crippen LogP contribution in [0.15, 0.2) is 17.0 Å². The SMILES string of the molecule is CC(O)(CO)CNS(=O)(=O)c1cc(F)c(Cl)c(C(=O)O)c1. The van der Waals surface area contributed by atoms with Gasteiger partial charge in [-0.05, 0) is 19.1 Å². The number of benzene rings is 1. The van der Waals surface area contributed by atoms with E-state index in [1.54, 1.807) is 0 Å². The van der Waals surface area contributed by atoms with E-state index in [-0.39, 0.29) is 0 Å². The van der Waals surface area contributed by atoms with E-state index in [0.717, 1.165) is 0 Å². The Morgan fingerprint density at radius 1 is 1.48 bits per heavy atom. The molecule has 0 aliphatic carbocycles. The highest BCUT2D eigenvalue weighted by atomic mass is 35.5. The Hall–Kier alpha value is -1.26. The largest absolute Gasteiger partial charge is 0.478 e. The van der Waals surface area contributed by atoms with Crippen molar-refractivity contribution in [3.05, 3.63) is 28.5 Å². The van der Waals surface area contributed by atoms with Crippen molar-refractivity contribution in [2.24, 2.45) is 0 Å². The molecule has 118 valence electrons. The van der Waals surface area contributed by atoms with Gasteiger partial charge in [0.25, 0.3) is 0 Å². The summed E-state index contributed by atoms with van der Waals surface area (Å²) >= 11 is 5.44. The molecule has 0 aliphatic heterocycles.